The number of rotatable bonds is 4. The fraction of sp³-hybridized carbons (Fsp3) is 0.273. The molecule has 0 saturated carbocycles. The van der Waals surface area contributed by atoms with Crippen molar-refractivity contribution in [1.82, 2.24) is 19.8 Å². The summed E-state index contributed by atoms with van der Waals surface area (Å²) in [5.41, 5.74) is 1.42. The molecule has 31 heavy (non-hydrogen) atoms. The molecule has 4 rings (SSSR count). The lowest BCUT2D eigenvalue weighted by atomic mass is 10.1. The van der Waals surface area contributed by atoms with E-state index in [1.807, 2.05) is 5.01 Å². The molecule has 1 fully saturated rings. The van der Waals surface area contributed by atoms with Crippen molar-refractivity contribution in [2.24, 2.45) is 0 Å². The van der Waals surface area contributed by atoms with Crippen LogP contribution in [0.2, 0.25) is 15.1 Å². The highest BCUT2D eigenvalue weighted by Crippen LogP contribution is 2.37. The quantitative estimate of drug-likeness (QED) is 0.523. The van der Waals surface area contributed by atoms with Crippen LogP contribution in [-0.2, 0) is 0 Å². The van der Waals surface area contributed by atoms with Gasteiger partial charge in [0.1, 0.15) is 5.69 Å². The van der Waals surface area contributed by atoms with E-state index in [0.717, 1.165) is 32.4 Å². The van der Waals surface area contributed by atoms with Crippen LogP contribution in [0.25, 0.3) is 16.9 Å². The van der Waals surface area contributed by atoms with Gasteiger partial charge in [-0.25, -0.2) is 9.69 Å². The zero-order chi connectivity index (χ0) is 22.1. The van der Waals surface area contributed by atoms with Crippen molar-refractivity contribution in [2.45, 2.75) is 19.3 Å². The van der Waals surface area contributed by atoms with Gasteiger partial charge in [-0.3, -0.25) is 9.80 Å². The summed E-state index contributed by atoms with van der Waals surface area (Å²) in [6.45, 7) is 1.58. The lowest BCUT2D eigenvalue weighted by molar-refractivity contribution is -0.00567. The number of carbonyl (C=O) groups excluding carboxylic acids is 1. The summed E-state index contributed by atoms with van der Waals surface area (Å²) < 4.78 is 1.47. The van der Waals surface area contributed by atoms with Gasteiger partial charge in [-0.15, -0.1) is 0 Å². The van der Waals surface area contributed by atoms with Crippen LogP contribution in [0.1, 0.15) is 29.8 Å². The van der Waals surface area contributed by atoms with Gasteiger partial charge >= 0.3 is 0 Å². The van der Waals surface area contributed by atoms with E-state index in [4.69, 9.17) is 34.8 Å². The summed E-state index contributed by atoms with van der Waals surface area (Å²) in [6.07, 6.45) is 3.19. The Bertz CT molecular complexity index is 1110. The SMILES string of the molecule is CN(C(=O)c1nn(-c2ccc(Cl)cc2Cl)c(-c2ccc(Cl)cc2)c1O)N1CCCCC1. The second-order valence-corrected chi connectivity index (χ2v) is 8.68. The van der Waals surface area contributed by atoms with Crippen LogP contribution in [0, 0.1) is 0 Å². The van der Waals surface area contributed by atoms with Crippen molar-refractivity contribution < 1.29 is 9.90 Å². The van der Waals surface area contributed by atoms with Crippen molar-refractivity contribution in [3.63, 3.8) is 0 Å². The van der Waals surface area contributed by atoms with E-state index < -0.39 is 5.91 Å². The molecule has 0 atom stereocenters. The van der Waals surface area contributed by atoms with Crippen LogP contribution in [0.3, 0.4) is 0 Å². The number of hydrazine groups is 1. The number of piperidine rings is 1. The first kappa shape index (κ1) is 22.0. The minimum absolute atomic E-state index is 0.0518. The number of hydrogen-bond donors (Lipinski definition) is 1. The Balaban J connectivity index is 1.83. The second-order valence-electron chi connectivity index (χ2n) is 7.40. The molecule has 0 aliphatic carbocycles. The molecule has 2 heterocycles. The molecule has 6 nitrogen and oxygen atoms in total. The van der Waals surface area contributed by atoms with E-state index in [0.29, 0.717) is 32.0 Å². The zero-order valence-corrected chi connectivity index (χ0v) is 19.1. The maximum absolute atomic E-state index is 13.3. The summed E-state index contributed by atoms with van der Waals surface area (Å²) in [5, 5.41) is 20.4. The van der Waals surface area contributed by atoms with Crippen LogP contribution < -0.4 is 0 Å². The highest BCUT2D eigenvalue weighted by Gasteiger charge is 2.30. The summed E-state index contributed by atoms with van der Waals surface area (Å²) in [4.78, 5) is 13.3. The molecule has 3 aromatic rings. The van der Waals surface area contributed by atoms with Gasteiger partial charge in [0.05, 0.1) is 10.7 Å². The van der Waals surface area contributed by atoms with Crippen LogP contribution in [-0.4, -0.2) is 50.9 Å². The minimum Gasteiger partial charge on any atom is -0.504 e. The number of nitrogens with zero attached hydrogens (tertiary/aromatic N) is 4. The van der Waals surface area contributed by atoms with Gasteiger partial charge in [-0.2, -0.15) is 5.10 Å². The monoisotopic (exact) mass is 478 g/mol. The molecule has 0 radical (unpaired) electrons. The third-order valence-corrected chi connectivity index (χ3v) is 6.16. The van der Waals surface area contributed by atoms with E-state index in [-0.39, 0.29) is 11.4 Å². The van der Waals surface area contributed by atoms with E-state index in [1.54, 1.807) is 49.5 Å². The van der Waals surface area contributed by atoms with Gasteiger partial charge in [-0.1, -0.05) is 53.4 Å². The van der Waals surface area contributed by atoms with Gasteiger partial charge in [0.15, 0.2) is 11.4 Å². The molecule has 0 bridgehead atoms. The van der Waals surface area contributed by atoms with Crippen molar-refractivity contribution in [3.8, 4) is 22.7 Å². The Morgan fingerprint density at radius 3 is 2.29 bits per heavy atom. The van der Waals surface area contributed by atoms with Crippen molar-refractivity contribution in [1.29, 1.82) is 0 Å². The molecule has 9 heteroatoms. The molecule has 1 N–H and O–H groups in total. The third kappa shape index (κ3) is 4.39. The molecule has 1 aliphatic rings. The summed E-state index contributed by atoms with van der Waals surface area (Å²) in [5.74, 6) is -0.611. The average Bonchev–Trinajstić information content (AvgIpc) is 3.10. The van der Waals surface area contributed by atoms with Crippen molar-refractivity contribution >= 4 is 40.7 Å². The Kier molecular flexibility index (Phi) is 6.44. The topological polar surface area (TPSA) is 61.6 Å². The average molecular weight is 480 g/mol. The molecular formula is C22H21Cl3N4O2. The molecule has 1 saturated heterocycles. The Morgan fingerprint density at radius 1 is 1.00 bits per heavy atom. The number of amides is 1. The van der Waals surface area contributed by atoms with Crippen LogP contribution in [0.4, 0.5) is 0 Å². The van der Waals surface area contributed by atoms with Gasteiger partial charge < -0.3 is 5.11 Å². The molecule has 1 aromatic heterocycles. The van der Waals surface area contributed by atoms with Crippen LogP contribution in [0.5, 0.6) is 5.75 Å². The minimum atomic E-state index is -0.390. The maximum atomic E-state index is 13.3. The van der Waals surface area contributed by atoms with E-state index >= 15 is 0 Å². The Morgan fingerprint density at radius 2 is 1.65 bits per heavy atom. The lowest BCUT2D eigenvalue weighted by Crippen LogP contribution is -2.46. The molecule has 1 amide bonds. The molecule has 0 spiro atoms. The Labute approximate surface area is 195 Å². The summed E-state index contributed by atoms with van der Waals surface area (Å²) >= 11 is 18.5. The van der Waals surface area contributed by atoms with E-state index in [2.05, 4.69) is 5.10 Å². The fourth-order valence-corrected chi connectivity index (χ4v) is 4.32. The fourth-order valence-electron chi connectivity index (χ4n) is 3.71. The number of aromatic nitrogens is 2. The standard InChI is InChI=1S/C22H21Cl3N4O2/c1-27(28-11-3-2-4-12-28)22(31)19-21(30)20(14-5-7-15(23)8-6-14)29(26-19)18-10-9-16(24)13-17(18)25/h5-10,13,30H,2-4,11-12H2,1H3. The van der Waals surface area contributed by atoms with Gasteiger partial charge in [0, 0.05) is 35.7 Å². The maximum Gasteiger partial charge on any atom is 0.292 e. The number of benzene rings is 2. The number of carbonyl (C=O) groups is 1. The predicted molar refractivity (Wildman–Crippen MR) is 123 cm³/mol. The first-order valence-corrected chi connectivity index (χ1v) is 11.1. The first-order valence-electron chi connectivity index (χ1n) is 9.93. The predicted octanol–water partition coefficient (Wildman–Crippen LogP) is 5.68. The van der Waals surface area contributed by atoms with E-state index in [9.17, 15) is 9.90 Å². The second kappa shape index (κ2) is 9.09. The van der Waals surface area contributed by atoms with Gasteiger partial charge in [-0.05, 0) is 43.2 Å². The first-order chi connectivity index (χ1) is 14.9. The van der Waals surface area contributed by atoms with Gasteiger partial charge in [0.2, 0.25) is 0 Å². The van der Waals surface area contributed by atoms with Crippen LogP contribution in [0.15, 0.2) is 42.5 Å². The number of aromatic hydroxyl groups is 1. The smallest absolute Gasteiger partial charge is 0.292 e. The van der Waals surface area contributed by atoms with E-state index in [1.165, 1.54) is 9.69 Å². The third-order valence-electron chi connectivity index (χ3n) is 5.37. The molecular weight excluding hydrogens is 459 g/mol. The lowest BCUT2D eigenvalue weighted by Gasteiger charge is -2.34. The molecule has 1 aliphatic heterocycles. The largest absolute Gasteiger partial charge is 0.504 e. The van der Waals surface area contributed by atoms with Crippen LogP contribution >= 0.6 is 34.8 Å². The summed E-state index contributed by atoms with van der Waals surface area (Å²) in [6, 6.07) is 11.9. The van der Waals surface area contributed by atoms with Gasteiger partial charge in [0.25, 0.3) is 5.91 Å². The number of hydrogen-bond acceptors (Lipinski definition) is 4. The van der Waals surface area contributed by atoms with Crippen molar-refractivity contribution in [2.75, 3.05) is 20.1 Å². The molecule has 0 unspecified atom stereocenters. The normalized spacial score (nSPS) is 14.6. The highest BCUT2D eigenvalue weighted by atomic mass is 35.5. The Hall–Kier alpha value is -2.25. The summed E-state index contributed by atoms with van der Waals surface area (Å²) in [7, 11) is 1.70. The highest BCUT2D eigenvalue weighted by molar-refractivity contribution is 6.35. The van der Waals surface area contributed by atoms with Crippen molar-refractivity contribution in [3.05, 3.63) is 63.2 Å². The number of halogens is 3. The zero-order valence-electron chi connectivity index (χ0n) is 16.9. The molecule has 162 valence electrons. The molecule has 2 aromatic carbocycles.